The number of halogens is 2. The van der Waals surface area contributed by atoms with E-state index in [9.17, 15) is 4.79 Å². The molecule has 2 unspecified atom stereocenters. The maximum Gasteiger partial charge on any atom is 0.307 e. The SMILES string of the molecule is CC(CC(CN)C(=O)O)c1cc(Cl)ccc1Cl. The molecular weight excluding hydrogens is 261 g/mol. The Bertz CT molecular complexity index is 409. The van der Waals surface area contributed by atoms with Gasteiger partial charge in [0.25, 0.3) is 0 Å². The third-order valence-electron chi connectivity index (χ3n) is 2.76. The molecule has 3 N–H and O–H groups in total. The van der Waals surface area contributed by atoms with Gasteiger partial charge in [-0.3, -0.25) is 4.79 Å². The van der Waals surface area contributed by atoms with Gasteiger partial charge in [-0.05, 0) is 36.1 Å². The number of carbonyl (C=O) groups is 1. The van der Waals surface area contributed by atoms with E-state index in [1.54, 1.807) is 18.2 Å². The van der Waals surface area contributed by atoms with Crippen LogP contribution in [0.2, 0.25) is 10.0 Å². The Kier molecular flexibility index (Phi) is 5.25. The van der Waals surface area contributed by atoms with Crippen molar-refractivity contribution >= 4 is 29.2 Å². The van der Waals surface area contributed by atoms with E-state index < -0.39 is 11.9 Å². The lowest BCUT2D eigenvalue weighted by molar-refractivity contribution is -0.141. The van der Waals surface area contributed by atoms with Gasteiger partial charge >= 0.3 is 5.97 Å². The summed E-state index contributed by atoms with van der Waals surface area (Å²) >= 11 is 12.0. The Labute approximate surface area is 111 Å². The van der Waals surface area contributed by atoms with E-state index in [1.807, 2.05) is 6.92 Å². The van der Waals surface area contributed by atoms with Gasteiger partial charge in [-0.25, -0.2) is 0 Å². The monoisotopic (exact) mass is 275 g/mol. The zero-order valence-corrected chi connectivity index (χ0v) is 11.0. The average molecular weight is 276 g/mol. The van der Waals surface area contributed by atoms with Crippen LogP contribution < -0.4 is 5.73 Å². The van der Waals surface area contributed by atoms with Crippen LogP contribution in [0, 0.1) is 5.92 Å². The molecule has 0 aliphatic rings. The van der Waals surface area contributed by atoms with Gasteiger partial charge in [0.1, 0.15) is 0 Å². The quantitative estimate of drug-likeness (QED) is 0.868. The van der Waals surface area contributed by atoms with Crippen molar-refractivity contribution in [1.82, 2.24) is 0 Å². The molecule has 1 aromatic rings. The molecule has 0 heterocycles. The molecular formula is C12H15Cl2NO2. The summed E-state index contributed by atoms with van der Waals surface area (Å²) in [4.78, 5) is 10.9. The first kappa shape index (κ1) is 14.3. The van der Waals surface area contributed by atoms with E-state index >= 15 is 0 Å². The lowest BCUT2D eigenvalue weighted by Crippen LogP contribution is -2.24. The van der Waals surface area contributed by atoms with E-state index in [2.05, 4.69) is 0 Å². The summed E-state index contributed by atoms with van der Waals surface area (Å²) in [5.74, 6) is -1.43. The maximum absolute atomic E-state index is 10.9. The number of carboxylic acids is 1. The van der Waals surface area contributed by atoms with E-state index in [4.69, 9.17) is 34.0 Å². The molecule has 0 radical (unpaired) electrons. The van der Waals surface area contributed by atoms with Gasteiger partial charge in [0.2, 0.25) is 0 Å². The summed E-state index contributed by atoms with van der Waals surface area (Å²) in [7, 11) is 0. The van der Waals surface area contributed by atoms with Crippen LogP contribution >= 0.6 is 23.2 Å². The van der Waals surface area contributed by atoms with Gasteiger partial charge in [-0.15, -0.1) is 0 Å². The highest BCUT2D eigenvalue weighted by molar-refractivity contribution is 6.33. The number of rotatable bonds is 5. The molecule has 0 bridgehead atoms. The number of carboxylic acid groups (broad SMARTS) is 1. The summed E-state index contributed by atoms with van der Waals surface area (Å²) in [5.41, 5.74) is 6.29. The van der Waals surface area contributed by atoms with Crippen LogP contribution in [0.15, 0.2) is 18.2 Å². The third kappa shape index (κ3) is 3.87. The second-order valence-electron chi connectivity index (χ2n) is 4.07. The van der Waals surface area contributed by atoms with Gasteiger partial charge in [0.15, 0.2) is 0 Å². The molecule has 0 spiro atoms. The van der Waals surface area contributed by atoms with Crippen molar-refractivity contribution in [3.8, 4) is 0 Å². The normalized spacial score (nSPS) is 14.4. The van der Waals surface area contributed by atoms with Crippen LogP contribution in [-0.2, 0) is 4.79 Å². The smallest absolute Gasteiger partial charge is 0.307 e. The Morgan fingerprint density at radius 1 is 1.47 bits per heavy atom. The molecule has 0 saturated heterocycles. The van der Waals surface area contributed by atoms with E-state index in [-0.39, 0.29) is 12.5 Å². The zero-order chi connectivity index (χ0) is 13.0. The van der Waals surface area contributed by atoms with Gasteiger partial charge < -0.3 is 10.8 Å². The largest absolute Gasteiger partial charge is 0.481 e. The van der Waals surface area contributed by atoms with Crippen LogP contribution in [0.25, 0.3) is 0 Å². The molecule has 2 atom stereocenters. The zero-order valence-electron chi connectivity index (χ0n) is 9.49. The van der Waals surface area contributed by atoms with Gasteiger partial charge in [0, 0.05) is 16.6 Å². The van der Waals surface area contributed by atoms with Crippen molar-refractivity contribution in [1.29, 1.82) is 0 Å². The Hall–Kier alpha value is -0.770. The lowest BCUT2D eigenvalue weighted by Gasteiger charge is -2.17. The summed E-state index contributed by atoms with van der Waals surface area (Å²) in [6, 6.07) is 5.19. The Morgan fingerprint density at radius 3 is 2.65 bits per heavy atom. The number of benzene rings is 1. The van der Waals surface area contributed by atoms with Crippen molar-refractivity contribution in [2.24, 2.45) is 11.7 Å². The van der Waals surface area contributed by atoms with E-state index in [0.717, 1.165) is 5.56 Å². The third-order valence-corrected chi connectivity index (χ3v) is 3.34. The summed E-state index contributed by atoms with van der Waals surface area (Å²) in [6.45, 7) is 2.04. The molecule has 94 valence electrons. The Balaban J connectivity index is 2.85. The van der Waals surface area contributed by atoms with Gasteiger partial charge in [-0.2, -0.15) is 0 Å². The van der Waals surface area contributed by atoms with Crippen molar-refractivity contribution in [3.63, 3.8) is 0 Å². The fraction of sp³-hybridized carbons (Fsp3) is 0.417. The van der Waals surface area contributed by atoms with E-state index in [1.165, 1.54) is 0 Å². The number of hydrogen-bond donors (Lipinski definition) is 2. The minimum atomic E-state index is -0.877. The molecule has 0 saturated carbocycles. The molecule has 0 aliphatic heterocycles. The van der Waals surface area contributed by atoms with Crippen LogP contribution in [0.4, 0.5) is 0 Å². The van der Waals surface area contributed by atoms with Crippen molar-refractivity contribution < 1.29 is 9.90 Å². The predicted molar refractivity (Wildman–Crippen MR) is 69.7 cm³/mol. The van der Waals surface area contributed by atoms with Crippen LogP contribution in [0.1, 0.15) is 24.8 Å². The standard InChI is InChI=1S/C12H15Cl2NO2/c1-7(4-8(6-15)12(16)17)10-5-9(13)2-3-11(10)14/h2-3,5,7-8H,4,6,15H2,1H3,(H,16,17). The molecule has 0 amide bonds. The van der Waals surface area contributed by atoms with Crippen LogP contribution in [-0.4, -0.2) is 17.6 Å². The van der Waals surface area contributed by atoms with Crippen LogP contribution in [0.3, 0.4) is 0 Å². The first-order valence-electron chi connectivity index (χ1n) is 5.33. The van der Waals surface area contributed by atoms with Crippen molar-refractivity contribution in [2.75, 3.05) is 6.54 Å². The average Bonchev–Trinajstić information content (AvgIpc) is 2.28. The minimum absolute atomic E-state index is 0.00542. The fourth-order valence-electron chi connectivity index (χ4n) is 1.74. The van der Waals surface area contributed by atoms with Crippen molar-refractivity contribution in [3.05, 3.63) is 33.8 Å². The van der Waals surface area contributed by atoms with Crippen molar-refractivity contribution in [2.45, 2.75) is 19.3 Å². The highest BCUT2D eigenvalue weighted by Crippen LogP contribution is 2.31. The lowest BCUT2D eigenvalue weighted by atomic mass is 9.90. The first-order chi connectivity index (χ1) is 7.95. The molecule has 0 aromatic heterocycles. The number of nitrogens with two attached hydrogens (primary N) is 1. The molecule has 0 aliphatic carbocycles. The minimum Gasteiger partial charge on any atom is -0.481 e. The molecule has 0 fully saturated rings. The van der Waals surface area contributed by atoms with E-state index in [0.29, 0.717) is 16.5 Å². The molecule has 17 heavy (non-hydrogen) atoms. The van der Waals surface area contributed by atoms with Gasteiger partial charge in [-0.1, -0.05) is 30.1 Å². The van der Waals surface area contributed by atoms with Crippen LogP contribution in [0.5, 0.6) is 0 Å². The molecule has 3 nitrogen and oxygen atoms in total. The highest BCUT2D eigenvalue weighted by Gasteiger charge is 2.21. The molecule has 1 rings (SSSR count). The highest BCUT2D eigenvalue weighted by atomic mass is 35.5. The number of hydrogen-bond acceptors (Lipinski definition) is 2. The molecule has 1 aromatic carbocycles. The summed E-state index contributed by atoms with van der Waals surface area (Å²) < 4.78 is 0. The summed E-state index contributed by atoms with van der Waals surface area (Å²) in [6.07, 6.45) is 0.450. The second-order valence-corrected chi connectivity index (χ2v) is 4.92. The topological polar surface area (TPSA) is 63.3 Å². The number of aliphatic carboxylic acids is 1. The van der Waals surface area contributed by atoms with Gasteiger partial charge in [0.05, 0.1) is 5.92 Å². The summed E-state index contributed by atoms with van der Waals surface area (Å²) in [5, 5.41) is 10.1. The first-order valence-corrected chi connectivity index (χ1v) is 6.09. The predicted octanol–water partition coefficient (Wildman–Crippen LogP) is 3.15. The fourth-order valence-corrected chi connectivity index (χ4v) is 2.23. The second kappa shape index (κ2) is 6.24. The molecule has 5 heteroatoms. The maximum atomic E-state index is 10.9. The Morgan fingerprint density at radius 2 is 2.12 bits per heavy atom.